The van der Waals surface area contributed by atoms with E-state index >= 15 is 0 Å². The molecule has 130 valence electrons. The highest BCUT2D eigenvalue weighted by atomic mass is 16.1. The fourth-order valence-corrected chi connectivity index (χ4v) is 7.10. The molecule has 0 saturated heterocycles. The predicted octanol–water partition coefficient (Wildman–Crippen LogP) is 4.89. The van der Waals surface area contributed by atoms with Gasteiger partial charge in [-0.15, -0.1) is 0 Å². The van der Waals surface area contributed by atoms with E-state index in [1.807, 2.05) is 6.92 Å². The van der Waals surface area contributed by atoms with Crippen LogP contribution in [0.4, 0.5) is 0 Å². The molecule has 0 aromatic heterocycles. The van der Waals surface area contributed by atoms with Crippen molar-refractivity contribution in [3.8, 4) is 0 Å². The number of fused-ring (bicyclic) bond motifs is 5. The topological polar surface area (TPSA) is 34.1 Å². The van der Waals surface area contributed by atoms with Crippen LogP contribution in [0.1, 0.15) is 66.2 Å². The first-order valence-corrected chi connectivity index (χ1v) is 9.67. The van der Waals surface area contributed by atoms with E-state index in [-0.39, 0.29) is 10.8 Å². The van der Waals surface area contributed by atoms with Crippen molar-refractivity contribution in [2.24, 2.45) is 34.5 Å². The van der Waals surface area contributed by atoms with Crippen molar-refractivity contribution in [3.63, 3.8) is 0 Å². The van der Waals surface area contributed by atoms with Gasteiger partial charge in [0.2, 0.25) is 0 Å². The number of carbonyl (C=O) groups is 2. The van der Waals surface area contributed by atoms with E-state index in [9.17, 15) is 9.59 Å². The van der Waals surface area contributed by atoms with Crippen molar-refractivity contribution >= 4 is 11.6 Å². The van der Waals surface area contributed by atoms with Crippen LogP contribution in [0.15, 0.2) is 23.3 Å². The van der Waals surface area contributed by atoms with Crippen molar-refractivity contribution in [2.45, 2.75) is 66.2 Å². The van der Waals surface area contributed by atoms with Gasteiger partial charge < -0.3 is 0 Å². The molecule has 0 aromatic rings. The van der Waals surface area contributed by atoms with Crippen molar-refractivity contribution in [3.05, 3.63) is 23.3 Å². The minimum absolute atomic E-state index is 0.0605. The summed E-state index contributed by atoms with van der Waals surface area (Å²) in [7, 11) is 0. The summed E-state index contributed by atoms with van der Waals surface area (Å²) in [6.07, 6.45) is 5.65. The van der Waals surface area contributed by atoms with Crippen LogP contribution in [0.5, 0.6) is 0 Å². The number of hydrogen-bond acceptors (Lipinski definition) is 2. The molecule has 3 fully saturated rings. The molecule has 4 aliphatic carbocycles. The smallest absolute Gasteiger partial charge is 0.159 e. The third-order valence-corrected chi connectivity index (χ3v) is 8.60. The summed E-state index contributed by atoms with van der Waals surface area (Å²) in [4.78, 5) is 25.0. The standard InChI is InChI=1S/C22H30O2/c1-12-10-15-16-6-7-19(24)21(16,4)9-8-17(15)22(5)13(2)11-18(23)14(3)20(12)22/h13,15-17H,1,6-11H2,2-5H3/t13?,15-,16-,17+,21-,22+/m0/s1. The zero-order chi connectivity index (χ0) is 17.4. The van der Waals surface area contributed by atoms with Gasteiger partial charge in [-0.3, -0.25) is 9.59 Å². The second kappa shape index (κ2) is 4.93. The Morgan fingerprint density at radius 1 is 1.08 bits per heavy atom. The molecular formula is C22H30O2. The van der Waals surface area contributed by atoms with Gasteiger partial charge in [-0.1, -0.05) is 32.9 Å². The lowest BCUT2D eigenvalue weighted by atomic mass is 9.44. The molecule has 1 unspecified atom stereocenters. The van der Waals surface area contributed by atoms with Gasteiger partial charge in [0.05, 0.1) is 0 Å². The number of ketones is 2. The van der Waals surface area contributed by atoms with E-state index in [1.165, 1.54) is 11.1 Å². The van der Waals surface area contributed by atoms with E-state index in [4.69, 9.17) is 0 Å². The normalized spacial score (nSPS) is 48.2. The van der Waals surface area contributed by atoms with Gasteiger partial charge in [0.15, 0.2) is 5.78 Å². The Morgan fingerprint density at radius 2 is 1.79 bits per heavy atom. The molecule has 0 spiro atoms. The van der Waals surface area contributed by atoms with Crippen LogP contribution in [-0.4, -0.2) is 11.6 Å². The molecule has 0 N–H and O–H groups in total. The third kappa shape index (κ3) is 1.78. The van der Waals surface area contributed by atoms with Gasteiger partial charge in [-0.25, -0.2) is 0 Å². The first-order chi connectivity index (χ1) is 11.2. The second-order valence-corrected chi connectivity index (χ2v) is 9.41. The molecule has 2 nitrogen and oxygen atoms in total. The van der Waals surface area contributed by atoms with Crippen molar-refractivity contribution in [1.82, 2.24) is 0 Å². The van der Waals surface area contributed by atoms with Crippen LogP contribution in [-0.2, 0) is 9.59 Å². The fraction of sp³-hybridized carbons (Fsp3) is 0.727. The molecule has 24 heavy (non-hydrogen) atoms. The molecule has 0 aromatic carbocycles. The van der Waals surface area contributed by atoms with Gasteiger partial charge in [0.1, 0.15) is 5.78 Å². The van der Waals surface area contributed by atoms with Gasteiger partial charge in [-0.2, -0.15) is 0 Å². The van der Waals surface area contributed by atoms with Gasteiger partial charge in [0.25, 0.3) is 0 Å². The summed E-state index contributed by atoms with van der Waals surface area (Å²) < 4.78 is 0. The molecule has 4 aliphatic rings. The monoisotopic (exact) mass is 326 g/mol. The first-order valence-electron chi connectivity index (χ1n) is 9.67. The Balaban J connectivity index is 1.83. The Kier molecular flexibility index (Phi) is 3.34. The number of carbonyl (C=O) groups excluding carboxylic acids is 2. The molecule has 0 heterocycles. The summed E-state index contributed by atoms with van der Waals surface area (Å²) in [6, 6.07) is 0. The lowest BCUT2D eigenvalue weighted by Crippen LogP contribution is -2.54. The maximum absolute atomic E-state index is 12.5. The van der Waals surface area contributed by atoms with Gasteiger partial charge >= 0.3 is 0 Å². The van der Waals surface area contributed by atoms with Crippen molar-refractivity contribution < 1.29 is 9.59 Å². The molecule has 0 aliphatic heterocycles. The van der Waals surface area contributed by atoms with E-state index in [1.54, 1.807) is 0 Å². The van der Waals surface area contributed by atoms with Gasteiger partial charge in [-0.05, 0) is 72.8 Å². The summed E-state index contributed by atoms with van der Waals surface area (Å²) >= 11 is 0. The SMILES string of the molecule is C=C1C[C@@H]2[C@@H](CC[C@]3(C)C(=O)CC[C@@H]23)[C@]2(C)C1=C(C)C(=O)CC2C. The summed E-state index contributed by atoms with van der Waals surface area (Å²) in [5.74, 6) is 2.86. The average Bonchev–Trinajstić information content (AvgIpc) is 2.81. The first kappa shape index (κ1) is 16.3. The number of hydrogen-bond donors (Lipinski definition) is 0. The minimum atomic E-state index is -0.0954. The molecule has 2 heteroatoms. The predicted molar refractivity (Wildman–Crippen MR) is 95.4 cm³/mol. The maximum atomic E-state index is 12.5. The molecule has 0 amide bonds. The van der Waals surface area contributed by atoms with Gasteiger partial charge in [0, 0.05) is 18.3 Å². The van der Waals surface area contributed by atoms with Crippen molar-refractivity contribution in [1.29, 1.82) is 0 Å². The highest BCUT2D eigenvalue weighted by Gasteiger charge is 2.61. The number of Topliss-reactive ketones (excluding diaryl/α,β-unsaturated/α-hetero) is 2. The summed E-state index contributed by atoms with van der Waals surface area (Å²) in [6.45, 7) is 13.3. The van der Waals surface area contributed by atoms with Crippen LogP contribution in [0.25, 0.3) is 0 Å². The Labute approximate surface area is 145 Å². The second-order valence-electron chi connectivity index (χ2n) is 9.41. The van der Waals surface area contributed by atoms with Crippen LogP contribution >= 0.6 is 0 Å². The molecule has 3 saturated carbocycles. The highest BCUT2D eigenvalue weighted by Crippen LogP contribution is 2.66. The highest BCUT2D eigenvalue weighted by molar-refractivity contribution is 5.98. The molecular weight excluding hydrogens is 296 g/mol. The zero-order valence-corrected chi connectivity index (χ0v) is 15.6. The minimum Gasteiger partial charge on any atom is -0.299 e. The van der Waals surface area contributed by atoms with Crippen LogP contribution < -0.4 is 0 Å². The molecule has 4 rings (SSSR count). The lowest BCUT2D eigenvalue weighted by Gasteiger charge is -2.59. The molecule has 6 atom stereocenters. The van der Waals surface area contributed by atoms with E-state index in [2.05, 4.69) is 27.4 Å². The molecule has 0 radical (unpaired) electrons. The summed E-state index contributed by atoms with van der Waals surface area (Å²) in [5, 5.41) is 0. The number of rotatable bonds is 0. The largest absolute Gasteiger partial charge is 0.299 e. The molecule has 0 bridgehead atoms. The fourth-order valence-electron chi connectivity index (χ4n) is 7.10. The van der Waals surface area contributed by atoms with Crippen molar-refractivity contribution in [2.75, 3.05) is 0 Å². The summed E-state index contributed by atoms with van der Waals surface area (Å²) in [5.41, 5.74) is 3.39. The number of allylic oxidation sites excluding steroid dienone is 2. The lowest BCUT2D eigenvalue weighted by molar-refractivity contribution is -0.133. The third-order valence-electron chi connectivity index (χ3n) is 8.60. The van der Waals surface area contributed by atoms with Crippen LogP contribution in [0, 0.1) is 34.5 Å². The van der Waals surface area contributed by atoms with Crippen LogP contribution in [0.3, 0.4) is 0 Å². The Bertz CT molecular complexity index is 684. The Hall–Kier alpha value is -1.18. The Morgan fingerprint density at radius 3 is 2.50 bits per heavy atom. The quantitative estimate of drug-likeness (QED) is 0.635. The van der Waals surface area contributed by atoms with E-state index in [0.717, 1.165) is 37.7 Å². The zero-order valence-electron chi connectivity index (χ0n) is 15.6. The van der Waals surface area contributed by atoms with Crippen LogP contribution in [0.2, 0.25) is 0 Å². The maximum Gasteiger partial charge on any atom is 0.159 e. The van der Waals surface area contributed by atoms with E-state index < -0.39 is 0 Å². The van der Waals surface area contributed by atoms with E-state index in [0.29, 0.717) is 41.7 Å². The average molecular weight is 326 g/mol.